The summed E-state index contributed by atoms with van der Waals surface area (Å²) in [5.74, 6) is -0.661. The third-order valence-electron chi connectivity index (χ3n) is 4.39. The highest BCUT2D eigenvalue weighted by Crippen LogP contribution is 2.35. The van der Waals surface area contributed by atoms with Crippen molar-refractivity contribution < 1.29 is 24.1 Å². The summed E-state index contributed by atoms with van der Waals surface area (Å²) in [6.45, 7) is 3.19. The molecule has 1 aromatic carbocycles. The standard InChI is InChI=1S/C15H17N3O5/c1-16-4-6-17(7-5-16)14(19)9-13-11-3-2-10(18(21)22)8-12(11)15(20)23-13/h2-3,8,13H,4-7,9H2,1H3/p+1/t13-/m1/s1. The molecule has 1 amide bonds. The quantitative estimate of drug-likeness (QED) is 0.463. The van der Waals surface area contributed by atoms with E-state index in [0.717, 1.165) is 13.1 Å². The number of quaternary nitrogens is 1. The number of amides is 1. The monoisotopic (exact) mass is 320 g/mol. The molecule has 0 unspecified atom stereocenters. The summed E-state index contributed by atoms with van der Waals surface area (Å²) in [5.41, 5.74) is 0.572. The average molecular weight is 320 g/mol. The van der Waals surface area contributed by atoms with Crippen molar-refractivity contribution >= 4 is 17.6 Å². The second-order valence-electron chi connectivity index (χ2n) is 5.96. The second-order valence-corrected chi connectivity index (χ2v) is 5.96. The maximum Gasteiger partial charge on any atom is 0.339 e. The van der Waals surface area contributed by atoms with Crippen molar-refractivity contribution in [2.75, 3.05) is 33.2 Å². The maximum absolute atomic E-state index is 12.4. The van der Waals surface area contributed by atoms with E-state index in [1.807, 2.05) is 0 Å². The number of likely N-dealkylation sites (N-methyl/N-ethyl adjacent to an activating group) is 1. The number of nitrogens with zero attached hydrogens (tertiary/aromatic N) is 2. The number of cyclic esters (lactones) is 1. The Morgan fingerprint density at radius 3 is 2.78 bits per heavy atom. The van der Waals surface area contributed by atoms with E-state index in [1.54, 1.807) is 4.90 Å². The number of piperazine rings is 1. The van der Waals surface area contributed by atoms with Crippen LogP contribution in [-0.2, 0) is 9.53 Å². The predicted molar refractivity (Wildman–Crippen MR) is 79.1 cm³/mol. The number of nitro benzene ring substituents is 1. The van der Waals surface area contributed by atoms with Crippen LogP contribution in [0.1, 0.15) is 28.4 Å². The highest BCUT2D eigenvalue weighted by Gasteiger charge is 2.35. The Balaban J connectivity index is 1.73. The lowest BCUT2D eigenvalue weighted by Crippen LogP contribution is -3.12. The Bertz CT molecular complexity index is 667. The summed E-state index contributed by atoms with van der Waals surface area (Å²) in [6, 6.07) is 4.04. The van der Waals surface area contributed by atoms with Gasteiger partial charge in [-0.2, -0.15) is 0 Å². The van der Waals surface area contributed by atoms with Gasteiger partial charge in [-0.05, 0) is 6.07 Å². The van der Waals surface area contributed by atoms with Crippen LogP contribution in [0, 0.1) is 10.1 Å². The van der Waals surface area contributed by atoms with Gasteiger partial charge in [0.2, 0.25) is 5.91 Å². The number of hydrogen-bond donors (Lipinski definition) is 1. The van der Waals surface area contributed by atoms with Crippen molar-refractivity contribution in [3.05, 3.63) is 39.4 Å². The highest BCUT2D eigenvalue weighted by atomic mass is 16.6. The van der Waals surface area contributed by atoms with E-state index in [0.29, 0.717) is 18.7 Å². The lowest BCUT2D eigenvalue weighted by molar-refractivity contribution is -0.883. The van der Waals surface area contributed by atoms with Gasteiger partial charge in [-0.25, -0.2) is 4.79 Å². The minimum Gasteiger partial charge on any atom is -0.453 e. The molecule has 1 fully saturated rings. The second kappa shape index (κ2) is 5.96. The van der Waals surface area contributed by atoms with Gasteiger partial charge in [0.25, 0.3) is 5.69 Å². The number of benzene rings is 1. The van der Waals surface area contributed by atoms with E-state index < -0.39 is 17.0 Å². The zero-order valence-electron chi connectivity index (χ0n) is 12.8. The fourth-order valence-electron chi connectivity index (χ4n) is 2.95. The van der Waals surface area contributed by atoms with Gasteiger partial charge in [0.15, 0.2) is 0 Å². The summed E-state index contributed by atoms with van der Waals surface area (Å²) < 4.78 is 5.23. The van der Waals surface area contributed by atoms with Crippen molar-refractivity contribution in [3.8, 4) is 0 Å². The van der Waals surface area contributed by atoms with Crippen molar-refractivity contribution in [2.24, 2.45) is 0 Å². The zero-order valence-corrected chi connectivity index (χ0v) is 12.8. The van der Waals surface area contributed by atoms with Crippen molar-refractivity contribution in [1.29, 1.82) is 0 Å². The first-order chi connectivity index (χ1) is 11.0. The van der Waals surface area contributed by atoms with Crippen LogP contribution in [0.4, 0.5) is 5.69 Å². The van der Waals surface area contributed by atoms with Crippen LogP contribution in [-0.4, -0.2) is 54.9 Å². The first-order valence-electron chi connectivity index (χ1n) is 7.54. The summed E-state index contributed by atoms with van der Waals surface area (Å²) >= 11 is 0. The molecule has 0 bridgehead atoms. The number of ether oxygens (including phenoxy) is 1. The first kappa shape index (κ1) is 15.4. The number of hydrogen-bond acceptors (Lipinski definition) is 5. The molecule has 3 rings (SSSR count). The normalized spacial score (nSPS) is 21.0. The molecule has 0 aromatic heterocycles. The van der Waals surface area contributed by atoms with Gasteiger partial charge in [-0.15, -0.1) is 0 Å². The SMILES string of the molecule is C[NH+]1CCN(C(=O)C[C@H]2OC(=O)c3cc([N+](=O)[O-])ccc32)CC1. The molecule has 2 aliphatic heterocycles. The molecular formula is C15H18N3O5+. The Hall–Kier alpha value is -2.48. The average Bonchev–Trinajstić information content (AvgIpc) is 2.83. The van der Waals surface area contributed by atoms with Crippen LogP contribution in [0.25, 0.3) is 0 Å². The van der Waals surface area contributed by atoms with Crippen molar-refractivity contribution in [2.45, 2.75) is 12.5 Å². The van der Waals surface area contributed by atoms with Gasteiger partial charge >= 0.3 is 5.97 Å². The molecule has 1 atom stereocenters. The zero-order chi connectivity index (χ0) is 16.6. The van der Waals surface area contributed by atoms with Crippen LogP contribution in [0.15, 0.2) is 18.2 Å². The van der Waals surface area contributed by atoms with Crippen LogP contribution in [0.2, 0.25) is 0 Å². The van der Waals surface area contributed by atoms with Gasteiger partial charge in [-0.3, -0.25) is 14.9 Å². The summed E-state index contributed by atoms with van der Waals surface area (Å²) in [7, 11) is 2.09. The third kappa shape index (κ3) is 3.02. The highest BCUT2D eigenvalue weighted by molar-refractivity contribution is 5.95. The Morgan fingerprint density at radius 1 is 1.43 bits per heavy atom. The topological polar surface area (TPSA) is 94.2 Å². The smallest absolute Gasteiger partial charge is 0.339 e. The Kier molecular flexibility index (Phi) is 3.99. The molecule has 1 N–H and O–H groups in total. The molecule has 8 nitrogen and oxygen atoms in total. The summed E-state index contributed by atoms with van der Waals surface area (Å²) in [4.78, 5) is 37.7. The molecule has 1 aromatic rings. The van der Waals surface area contributed by atoms with Gasteiger partial charge in [0, 0.05) is 17.7 Å². The van der Waals surface area contributed by atoms with E-state index in [9.17, 15) is 19.7 Å². The van der Waals surface area contributed by atoms with E-state index in [-0.39, 0.29) is 23.6 Å². The molecule has 0 aliphatic carbocycles. The maximum atomic E-state index is 12.4. The predicted octanol–water partition coefficient (Wildman–Crippen LogP) is -0.447. The molecule has 23 heavy (non-hydrogen) atoms. The lowest BCUT2D eigenvalue weighted by atomic mass is 10.0. The molecular weight excluding hydrogens is 302 g/mol. The van der Waals surface area contributed by atoms with E-state index >= 15 is 0 Å². The number of nitro groups is 1. The number of carbonyl (C=O) groups is 2. The molecule has 122 valence electrons. The molecule has 0 saturated carbocycles. The summed E-state index contributed by atoms with van der Waals surface area (Å²) in [5, 5.41) is 10.8. The van der Waals surface area contributed by atoms with E-state index in [4.69, 9.17) is 4.74 Å². The number of esters is 1. The fraction of sp³-hybridized carbons (Fsp3) is 0.467. The van der Waals surface area contributed by atoms with Crippen LogP contribution in [0.3, 0.4) is 0 Å². The largest absolute Gasteiger partial charge is 0.453 e. The minimum atomic E-state index is -0.655. The summed E-state index contributed by atoms with van der Waals surface area (Å²) in [6.07, 6.45) is -0.576. The van der Waals surface area contributed by atoms with Crippen LogP contribution >= 0.6 is 0 Å². The van der Waals surface area contributed by atoms with Crippen LogP contribution < -0.4 is 4.90 Å². The lowest BCUT2D eigenvalue weighted by Gasteiger charge is -2.30. The molecule has 0 radical (unpaired) electrons. The molecule has 2 heterocycles. The van der Waals surface area contributed by atoms with E-state index in [2.05, 4.69) is 7.05 Å². The third-order valence-corrected chi connectivity index (χ3v) is 4.39. The molecule has 2 aliphatic rings. The van der Waals surface area contributed by atoms with Crippen molar-refractivity contribution in [3.63, 3.8) is 0 Å². The Morgan fingerprint density at radius 2 is 2.13 bits per heavy atom. The van der Waals surface area contributed by atoms with Gasteiger partial charge in [0.05, 0.1) is 50.1 Å². The van der Waals surface area contributed by atoms with Gasteiger partial charge in [-0.1, -0.05) is 0 Å². The minimum absolute atomic E-state index is 0.0542. The Labute approximate surface area is 132 Å². The number of fused-ring (bicyclic) bond motifs is 1. The van der Waals surface area contributed by atoms with Crippen molar-refractivity contribution in [1.82, 2.24) is 4.90 Å². The number of rotatable bonds is 3. The molecule has 8 heteroatoms. The first-order valence-corrected chi connectivity index (χ1v) is 7.54. The van der Waals surface area contributed by atoms with Gasteiger partial charge in [0.1, 0.15) is 6.10 Å². The van der Waals surface area contributed by atoms with E-state index in [1.165, 1.54) is 23.1 Å². The number of non-ortho nitro benzene ring substituents is 1. The fourth-order valence-corrected chi connectivity index (χ4v) is 2.95. The number of carbonyl (C=O) groups excluding carboxylic acids is 2. The van der Waals surface area contributed by atoms with Gasteiger partial charge < -0.3 is 14.5 Å². The van der Waals surface area contributed by atoms with Crippen LogP contribution in [0.5, 0.6) is 0 Å². The number of nitrogens with one attached hydrogen (secondary N) is 1. The molecule has 1 saturated heterocycles. The molecule has 0 spiro atoms.